The fraction of sp³-hybridized carbons (Fsp3) is 0.350. The van der Waals surface area contributed by atoms with Crippen molar-refractivity contribution in [3.8, 4) is 0 Å². The molecule has 1 N–H and O–H groups in total. The highest BCUT2D eigenvalue weighted by Crippen LogP contribution is 2.34. The number of nitrogens with zero attached hydrogens (tertiary/aromatic N) is 2. The van der Waals surface area contributed by atoms with Crippen molar-refractivity contribution < 1.29 is 9.59 Å². The maximum absolute atomic E-state index is 12.5. The molecule has 0 saturated carbocycles. The number of hydrogen-bond acceptors (Lipinski definition) is 3. The second kappa shape index (κ2) is 5.99. The van der Waals surface area contributed by atoms with Gasteiger partial charge in [0, 0.05) is 22.9 Å². The van der Waals surface area contributed by atoms with Gasteiger partial charge in [-0.15, -0.1) is 0 Å². The van der Waals surface area contributed by atoms with Gasteiger partial charge in [-0.05, 0) is 37.0 Å². The van der Waals surface area contributed by atoms with E-state index in [0.29, 0.717) is 18.8 Å². The number of carbonyl (C=O) groups excluding carboxylic acids is 2. The molecule has 0 bridgehead atoms. The summed E-state index contributed by atoms with van der Waals surface area (Å²) >= 11 is 0. The summed E-state index contributed by atoms with van der Waals surface area (Å²) in [5, 5.41) is 4.61. The lowest BCUT2D eigenvalue weighted by atomic mass is 10.0. The lowest BCUT2D eigenvalue weighted by molar-refractivity contribution is -0.135. The van der Waals surface area contributed by atoms with Crippen LogP contribution in [-0.4, -0.2) is 21.4 Å². The lowest BCUT2D eigenvalue weighted by Crippen LogP contribution is -2.41. The fourth-order valence-electron chi connectivity index (χ4n) is 3.61. The smallest absolute Gasteiger partial charge is 0.249 e. The molecule has 1 aromatic carbocycles. The largest absolute Gasteiger partial charge is 0.313 e. The van der Waals surface area contributed by atoms with Gasteiger partial charge in [-0.2, -0.15) is 0 Å². The van der Waals surface area contributed by atoms with Crippen molar-refractivity contribution in [1.82, 2.24) is 14.9 Å². The van der Waals surface area contributed by atoms with Crippen molar-refractivity contribution in [3.63, 3.8) is 0 Å². The normalized spacial score (nSPS) is 19.4. The molecule has 2 atom stereocenters. The Kier molecular flexibility index (Phi) is 3.79. The highest BCUT2D eigenvalue weighted by Gasteiger charge is 2.31. The predicted molar refractivity (Wildman–Crippen MR) is 97.4 cm³/mol. The number of aromatic nitrogens is 2. The van der Waals surface area contributed by atoms with E-state index in [1.165, 1.54) is 0 Å². The first kappa shape index (κ1) is 15.8. The number of benzene rings is 1. The van der Waals surface area contributed by atoms with E-state index in [0.717, 1.165) is 34.1 Å². The Balaban J connectivity index is 1.99. The molecule has 0 spiro atoms. The van der Waals surface area contributed by atoms with Crippen LogP contribution in [0.15, 0.2) is 36.4 Å². The molecule has 5 heteroatoms. The molecular weight excluding hydrogens is 314 g/mol. The quantitative estimate of drug-likeness (QED) is 0.743. The average Bonchev–Trinajstić information content (AvgIpc) is 2.95. The summed E-state index contributed by atoms with van der Waals surface area (Å²) in [6.07, 6.45) is 1.88. The number of imide groups is 1. The zero-order chi connectivity index (χ0) is 17.6. The Labute approximate surface area is 146 Å². The van der Waals surface area contributed by atoms with E-state index in [-0.39, 0.29) is 11.8 Å². The van der Waals surface area contributed by atoms with Crippen molar-refractivity contribution >= 4 is 33.8 Å². The first-order valence-electron chi connectivity index (χ1n) is 8.83. The number of pyridine rings is 1. The van der Waals surface area contributed by atoms with E-state index in [4.69, 9.17) is 4.98 Å². The summed E-state index contributed by atoms with van der Waals surface area (Å²) in [4.78, 5) is 28.9. The van der Waals surface area contributed by atoms with Gasteiger partial charge in [-0.25, -0.2) is 4.98 Å². The van der Waals surface area contributed by atoms with Crippen LogP contribution in [0.2, 0.25) is 0 Å². The number of nitrogens with one attached hydrogen (secondary N) is 1. The van der Waals surface area contributed by atoms with Gasteiger partial charge in [-0.3, -0.25) is 14.9 Å². The van der Waals surface area contributed by atoms with E-state index in [1.54, 1.807) is 0 Å². The minimum atomic E-state index is -0.403. The van der Waals surface area contributed by atoms with Crippen molar-refractivity contribution in [3.05, 3.63) is 42.1 Å². The van der Waals surface area contributed by atoms with Gasteiger partial charge in [0.05, 0.1) is 5.52 Å². The summed E-state index contributed by atoms with van der Waals surface area (Å²) in [6.45, 7) is 4.30. The summed E-state index contributed by atoms with van der Waals surface area (Å²) in [7, 11) is 0. The third kappa shape index (κ3) is 2.51. The second-order valence-electron chi connectivity index (χ2n) is 6.77. The molecule has 1 aliphatic rings. The number of fused-ring (bicyclic) bond motifs is 3. The average molecular weight is 335 g/mol. The van der Waals surface area contributed by atoms with E-state index < -0.39 is 6.04 Å². The lowest BCUT2D eigenvalue weighted by Gasteiger charge is -2.23. The number of piperidine rings is 1. The zero-order valence-electron chi connectivity index (χ0n) is 14.5. The molecule has 1 saturated heterocycles. The molecule has 0 radical (unpaired) electrons. The molecule has 3 aromatic rings. The molecule has 25 heavy (non-hydrogen) atoms. The van der Waals surface area contributed by atoms with Crippen LogP contribution in [0.5, 0.6) is 0 Å². The summed E-state index contributed by atoms with van der Waals surface area (Å²) in [5.41, 5.74) is 2.85. The van der Waals surface area contributed by atoms with Crippen LogP contribution < -0.4 is 5.32 Å². The predicted octanol–water partition coefficient (Wildman–Crippen LogP) is 3.68. The van der Waals surface area contributed by atoms with E-state index in [1.807, 2.05) is 22.8 Å². The Bertz CT molecular complexity index is 989. The van der Waals surface area contributed by atoms with E-state index >= 15 is 0 Å². The molecule has 5 nitrogen and oxygen atoms in total. The standard InChI is InChI=1S/C20H21N3O2/c1-3-12(2)15-9-8-14-13-6-4-5-7-16(13)23(19(14)21-15)17-10-11-18(24)22-20(17)25/h4-9,12,17H,3,10-11H2,1-2H3,(H,22,24,25). The Hall–Kier alpha value is -2.69. The summed E-state index contributed by atoms with van der Waals surface area (Å²) in [6, 6.07) is 11.8. The summed E-state index contributed by atoms with van der Waals surface area (Å²) in [5.74, 6) is -0.0810. The number of amides is 2. The van der Waals surface area contributed by atoms with Crippen LogP contribution in [0, 0.1) is 0 Å². The van der Waals surface area contributed by atoms with Gasteiger partial charge < -0.3 is 4.57 Å². The third-order valence-corrected chi connectivity index (χ3v) is 5.22. The molecule has 2 amide bonds. The molecule has 1 fully saturated rings. The molecular formula is C20H21N3O2. The van der Waals surface area contributed by atoms with Crippen molar-refractivity contribution in [2.75, 3.05) is 0 Å². The van der Waals surface area contributed by atoms with E-state index in [2.05, 4.69) is 37.4 Å². The molecule has 3 heterocycles. The molecule has 4 rings (SSSR count). The van der Waals surface area contributed by atoms with Crippen LogP contribution in [0.25, 0.3) is 21.9 Å². The number of para-hydroxylation sites is 1. The molecule has 2 aromatic heterocycles. The Morgan fingerprint density at radius 3 is 2.76 bits per heavy atom. The van der Waals surface area contributed by atoms with Crippen LogP contribution in [0.4, 0.5) is 0 Å². The van der Waals surface area contributed by atoms with Gasteiger partial charge >= 0.3 is 0 Å². The van der Waals surface area contributed by atoms with Crippen molar-refractivity contribution in [2.45, 2.75) is 45.1 Å². The molecule has 2 unspecified atom stereocenters. The minimum Gasteiger partial charge on any atom is -0.313 e. The van der Waals surface area contributed by atoms with Crippen LogP contribution in [-0.2, 0) is 9.59 Å². The fourth-order valence-corrected chi connectivity index (χ4v) is 3.61. The maximum atomic E-state index is 12.5. The first-order valence-corrected chi connectivity index (χ1v) is 8.83. The van der Waals surface area contributed by atoms with Crippen LogP contribution in [0.3, 0.4) is 0 Å². The summed E-state index contributed by atoms with van der Waals surface area (Å²) < 4.78 is 2.01. The van der Waals surface area contributed by atoms with Gasteiger partial charge in [0.2, 0.25) is 11.8 Å². The first-order chi connectivity index (χ1) is 12.1. The number of carbonyl (C=O) groups is 2. The SMILES string of the molecule is CCC(C)c1ccc2c3ccccc3n(C3CCC(=O)NC3=O)c2n1. The molecule has 0 aliphatic carbocycles. The van der Waals surface area contributed by atoms with Gasteiger partial charge in [0.1, 0.15) is 11.7 Å². The monoisotopic (exact) mass is 335 g/mol. The highest BCUT2D eigenvalue weighted by atomic mass is 16.2. The Morgan fingerprint density at radius 1 is 1.20 bits per heavy atom. The third-order valence-electron chi connectivity index (χ3n) is 5.22. The maximum Gasteiger partial charge on any atom is 0.249 e. The van der Waals surface area contributed by atoms with Gasteiger partial charge in [0.25, 0.3) is 0 Å². The van der Waals surface area contributed by atoms with Crippen LogP contribution >= 0.6 is 0 Å². The Morgan fingerprint density at radius 2 is 2.00 bits per heavy atom. The second-order valence-corrected chi connectivity index (χ2v) is 6.77. The number of hydrogen-bond donors (Lipinski definition) is 1. The molecule has 1 aliphatic heterocycles. The molecule has 128 valence electrons. The highest BCUT2D eigenvalue weighted by molar-refractivity contribution is 6.08. The van der Waals surface area contributed by atoms with Crippen molar-refractivity contribution in [2.24, 2.45) is 0 Å². The van der Waals surface area contributed by atoms with Gasteiger partial charge in [-0.1, -0.05) is 32.0 Å². The topological polar surface area (TPSA) is 64.0 Å². The van der Waals surface area contributed by atoms with Crippen molar-refractivity contribution in [1.29, 1.82) is 0 Å². The van der Waals surface area contributed by atoms with Gasteiger partial charge in [0.15, 0.2) is 0 Å². The van der Waals surface area contributed by atoms with E-state index in [9.17, 15) is 9.59 Å². The van der Waals surface area contributed by atoms with Crippen LogP contribution in [0.1, 0.15) is 50.8 Å². The number of rotatable bonds is 3. The minimum absolute atomic E-state index is 0.199. The zero-order valence-corrected chi connectivity index (χ0v) is 14.5.